The number of nitrogens with two attached hydrogens (primary N) is 1. The van der Waals surface area contributed by atoms with Gasteiger partial charge in [-0.05, 0) is 54.9 Å². The van der Waals surface area contributed by atoms with Crippen LogP contribution in [0.2, 0.25) is 0 Å². The first kappa shape index (κ1) is 12.3. The van der Waals surface area contributed by atoms with Gasteiger partial charge in [-0.2, -0.15) is 0 Å². The van der Waals surface area contributed by atoms with Crippen molar-refractivity contribution >= 4 is 10.9 Å². The highest BCUT2D eigenvalue weighted by atomic mass is 15.1. The van der Waals surface area contributed by atoms with Crippen LogP contribution in [0.4, 0.5) is 0 Å². The van der Waals surface area contributed by atoms with Crippen molar-refractivity contribution < 1.29 is 5.32 Å². The Labute approximate surface area is 126 Å². The fourth-order valence-corrected chi connectivity index (χ4v) is 5.17. The first-order chi connectivity index (χ1) is 10.4. The Bertz CT molecular complexity index is 689. The van der Waals surface area contributed by atoms with E-state index < -0.39 is 0 Å². The molecule has 1 saturated carbocycles. The maximum atomic E-state index is 2.65. The Kier molecular flexibility index (Phi) is 2.69. The minimum atomic E-state index is 0.741. The zero-order valence-electron chi connectivity index (χ0n) is 12.8. The molecule has 1 aromatic carbocycles. The van der Waals surface area contributed by atoms with Gasteiger partial charge in [-0.25, -0.2) is 0 Å². The van der Waals surface area contributed by atoms with Crippen LogP contribution >= 0.6 is 0 Å². The minimum Gasteiger partial charge on any atom is -0.337 e. The number of rotatable bonds is 1. The van der Waals surface area contributed by atoms with Crippen molar-refractivity contribution in [2.75, 3.05) is 6.54 Å². The number of benzene rings is 1. The van der Waals surface area contributed by atoms with E-state index in [1.54, 1.807) is 22.2 Å². The smallest absolute Gasteiger partial charge is 0.127 e. The molecule has 0 saturated heterocycles. The Hall–Kier alpha value is -1.28. The van der Waals surface area contributed by atoms with Crippen LogP contribution in [-0.4, -0.2) is 11.1 Å². The molecule has 3 aliphatic rings. The Morgan fingerprint density at radius 2 is 1.95 bits per heavy atom. The quantitative estimate of drug-likeness (QED) is 0.829. The van der Waals surface area contributed by atoms with Gasteiger partial charge < -0.3 is 9.88 Å². The van der Waals surface area contributed by atoms with Crippen molar-refractivity contribution in [3.8, 4) is 0 Å². The maximum absolute atomic E-state index is 2.65. The molecule has 1 fully saturated rings. The molecular weight excluding hydrogens is 256 g/mol. The van der Waals surface area contributed by atoms with Crippen LogP contribution in [0.25, 0.3) is 10.9 Å². The van der Waals surface area contributed by atoms with E-state index in [4.69, 9.17) is 0 Å². The molecule has 2 aromatic rings. The number of fused-ring (bicyclic) bond motifs is 3. The molecule has 0 spiro atoms. The van der Waals surface area contributed by atoms with Gasteiger partial charge in [0.2, 0.25) is 0 Å². The van der Waals surface area contributed by atoms with Gasteiger partial charge in [0.05, 0.1) is 18.8 Å². The molecule has 2 aliphatic carbocycles. The molecule has 5 rings (SSSR count). The minimum absolute atomic E-state index is 0.741. The molecule has 21 heavy (non-hydrogen) atoms. The van der Waals surface area contributed by atoms with E-state index in [2.05, 4.69) is 28.1 Å². The lowest BCUT2D eigenvalue weighted by Crippen LogP contribution is -2.88. The second-order valence-electron chi connectivity index (χ2n) is 7.30. The van der Waals surface area contributed by atoms with Crippen molar-refractivity contribution in [3.05, 3.63) is 35.0 Å². The average Bonchev–Trinajstić information content (AvgIpc) is 3.16. The SMILES string of the molecule is c1cc2c(cc1C1CCCC1)c1c3n2CC[NH2+][C@H]3CCC1. The summed E-state index contributed by atoms with van der Waals surface area (Å²) in [5.74, 6) is 0.837. The van der Waals surface area contributed by atoms with Crippen molar-refractivity contribution in [1.82, 2.24) is 4.57 Å². The molecule has 0 bridgehead atoms. The number of aryl methyl sites for hydroxylation is 1. The summed E-state index contributed by atoms with van der Waals surface area (Å²) >= 11 is 0. The molecular formula is C19H25N2+. The van der Waals surface area contributed by atoms with Crippen LogP contribution in [0.3, 0.4) is 0 Å². The van der Waals surface area contributed by atoms with Crippen LogP contribution < -0.4 is 5.32 Å². The summed E-state index contributed by atoms with van der Waals surface area (Å²) in [5.41, 5.74) is 6.50. The average molecular weight is 281 g/mol. The van der Waals surface area contributed by atoms with E-state index in [-0.39, 0.29) is 0 Å². The summed E-state index contributed by atoms with van der Waals surface area (Å²) in [7, 11) is 0. The largest absolute Gasteiger partial charge is 0.337 e. The van der Waals surface area contributed by atoms with Gasteiger partial charge in [0.15, 0.2) is 0 Å². The van der Waals surface area contributed by atoms with E-state index in [1.807, 2.05) is 0 Å². The van der Waals surface area contributed by atoms with E-state index in [9.17, 15) is 0 Å². The summed E-state index contributed by atoms with van der Waals surface area (Å²) in [6, 6.07) is 8.17. The highest BCUT2D eigenvalue weighted by Crippen LogP contribution is 2.40. The van der Waals surface area contributed by atoms with E-state index in [1.165, 1.54) is 63.6 Å². The zero-order chi connectivity index (χ0) is 13.8. The van der Waals surface area contributed by atoms with Gasteiger partial charge in [0.25, 0.3) is 0 Å². The second kappa shape index (κ2) is 4.61. The number of aromatic nitrogens is 1. The molecule has 0 radical (unpaired) electrons. The van der Waals surface area contributed by atoms with Crippen LogP contribution in [0, 0.1) is 0 Å². The number of nitrogens with zero attached hydrogens (tertiary/aromatic N) is 1. The zero-order valence-corrected chi connectivity index (χ0v) is 12.8. The van der Waals surface area contributed by atoms with Crippen LogP contribution in [0.1, 0.15) is 67.3 Å². The number of hydrogen-bond acceptors (Lipinski definition) is 0. The first-order valence-corrected chi connectivity index (χ1v) is 8.90. The molecule has 1 atom stereocenters. The number of quaternary nitrogens is 1. The summed E-state index contributed by atoms with van der Waals surface area (Å²) in [5, 5.41) is 4.17. The highest BCUT2D eigenvalue weighted by Gasteiger charge is 2.32. The van der Waals surface area contributed by atoms with Crippen LogP contribution in [-0.2, 0) is 13.0 Å². The summed E-state index contributed by atoms with van der Waals surface area (Å²) < 4.78 is 2.65. The molecule has 2 heterocycles. The van der Waals surface area contributed by atoms with Crippen LogP contribution in [0.5, 0.6) is 0 Å². The van der Waals surface area contributed by atoms with Crippen molar-refractivity contribution in [2.45, 2.75) is 63.5 Å². The van der Waals surface area contributed by atoms with Gasteiger partial charge in [0, 0.05) is 17.3 Å². The van der Waals surface area contributed by atoms with Gasteiger partial charge in [-0.1, -0.05) is 18.9 Å². The third kappa shape index (κ3) is 1.75. The van der Waals surface area contributed by atoms with Gasteiger partial charge >= 0.3 is 0 Å². The molecule has 2 heteroatoms. The van der Waals surface area contributed by atoms with E-state index >= 15 is 0 Å². The highest BCUT2D eigenvalue weighted by molar-refractivity contribution is 5.87. The normalized spacial score (nSPS) is 25.4. The fraction of sp³-hybridized carbons (Fsp3) is 0.579. The lowest BCUT2D eigenvalue weighted by Gasteiger charge is -2.27. The summed E-state index contributed by atoms with van der Waals surface area (Å²) in [6.45, 7) is 2.45. The van der Waals surface area contributed by atoms with Gasteiger partial charge in [-0.3, -0.25) is 0 Å². The van der Waals surface area contributed by atoms with Crippen molar-refractivity contribution in [3.63, 3.8) is 0 Å². The Balaban J connectivity index is 1.71. The van der Waals surface area contributed by atoms with E-state index in [0.717, 1.165) is 12.0 Å². The molecule has 1 aromatic heterocycles. The second-order valence-corrected chi connectivity index (χ2v) is 7.30. The van der Waals surface area contributed by atoms with Crippen molar-refractivity contribution in [2.24, 2.45) is 0 Å². The maximum Gasteiger partial charge on any atom is 0.127 e. The molecule has 2 nitrogen and oxygen atoms in total. The third-order valence-electron chi connectivity index (χ3n) is 6.16. The predicted octanol–water partition coefficient (Wildman–Crippen LogP) is 3.25. The lowest BCUT2D eigenvalue weighted by molar-refractivity contribution is -0.704. The standard InChI is InChI=1S/C19H24N2/c1-2-5-13(4-1)14-8-9-18-16(12-14)15-6-3-7-17-19(15)21(18)11-10-20-17/h8-9,12-13,17,20H,1-7,10-11H2/p+1/t17-/m0/s1. The topological polar surface area (TPSA) is 21.5 Å². The van der Waals surface area contributed by atoms with Gasteiger partial charge in [0.1, 0.15) is 6.04 Å². The Morgan fingerprint density at radius 1 is 1.05 bits per heavy atom. The molecule has 110 valence electrons. The van der Waals surface area contributed by atoms with Gasteiger partial charge in [-0.15, -0.1) is 0 Å². The van der Waals surface area contributed by atoms with Crippen LogP contribution in [0.15, 0.2) is 18.2 Å². The monoisotopic (exact) mass is 281 g/mol. The molecule has 1 aliphatic heterocycles. The summed E-state index contributed by atoms with van der Waals surface area (Å²) in [4.78, 5) is 0. The number of hydrogen-bond donors (Lipinski definition) is 1. The molecule has 0 unspecified atom stereocenters. The molecule has 0 amide bonds. The lowest BCUT2D eigenvalue weighted by atomic mass is 9.89. The predicted molar refractivity (Wildman–Crippen MR) is 85.6 cm³/mol. The van der Waals surface area contributed by atoms with E-state index in [0.29, 0.717) is 0 Å². The first-order valence-electron chi connectivity index (χ1n) is 8.90. The molecule has 2 N–H and O–H groups in total. The third-order valence-corrected chi connectivity index (χ3v) is 6.16. The van der Waals surface area contributed by atoms with Crippen molar-refractivity contribution in [1.29, 1.82) is 0 Å². The summed E-state index contributed by atoms with van der Waals surface area (Å²) in [6.07, 6.45) is 9.73. The Morgan fingerprint density at radius 3 is 2.86 bits per heavy atom. The fourth-order valence-electron chi connectivity index (χ4n) is 5.17.